The van der Waals surface area contributed by atoms with E-state index in [2.05, 4.69) is 17.2 Å². The zero-order chi connectivity index (χ0) is 9.54. The number of rotatable bonds is 0. The molecule has 0 saturated carbocycles. The van der Waals surface area contributed by atoms with Gasteiger partial charge in [0.15, 0.2) is 0 Å². The van der Waals surface area contributed by atoms with E-state index in [1.54, 1.807) is 0 Å². The second-order valence-corrected chi connectivity index (χ2v) is 0.962. The van der Waals surface area contributed by atoms with Gasteiger partial charge in [-0.3, -0.25) is 0 Å². The molecular formula is C8H20HfN3. The van der Waals surface area contributed by atoms with Crippen LogP contribution in [0.2, 0.25) is 0 Å². The van der Waals surface area contributed by atoms with Gasteiger partial charge >= 0.3 is 0 Å². The van der Waals surface area contributed by atoms with Crippen LogP contribution in [-0.2, 0) is 25.8 Å². The van der Waals surface area contributed by atoms with Crippen LogP contribution in [-0.4, -0.2) is 21.1 Å². The zero-order valence-corrected chi connectivity index (χ0v) is 11.7. The summed E-state index contributed by atoms with van der Waals surface area (Å²) in [6.45, 7) is 0. The molecule has 4 heteroatoms. The van der Waals surface area contributed by atoms with Gasteiger partial charge in [-0.2, -0.15) is 0 Å². The SMILES string of the molecule is CN.CN.CN.[CH]1C=CC=C1.[Hf]. The third-order valence-electron chi connectivity index (χ3n) is 0.556. The summed E-state index contributed by atoms with van der Waals surface area (Å²) in [4.78, 5) is 0. The molecule has 6 N–H and O–H groups in total. The van der Waals surface area contributed by atoms with E-state index in [1.165, 1.54) is 21.1 Å². The van der Waals surface area contributed by atoms with Crippen LogP contribution in [0.25, 0.3) is 0 Å². The first-order chi connectivity index (χ1) is 5.50. The summed E-state index contributed by atoms with van der Waals surface area (Å²) in [5.74, 6) is 0. The Labute approximate surface area is 94.9 Å². The smallest absolute Gasteiger partial charge is 0.00506 e. The minimum atomic E-state index is 0. The van der Waals surface area contributed by atoms with Gasteiger partial charge in [0.05, 0.1) is 0 Å². The summed E-state index contributed by atoms with van der Waals surface area (Å²) in [5.41, 5.74) is 13.5. The quantitative estimate of drug-likeness (QED) is 0.547. The molecule has 0 aromatic heterocycles. The normalized spacial score (nSPS) is 8.83. The fraction of sp³-hybridized carbons (Fsp3) is 0.375. The van der Waals surface area contributed by atoms with Crippen LogP contribution in [0.3, 0.4) is 0 Å². The summed E-state index contributed by atoms with van der Waals surface area (Å²) in [6.07, 6.45) is 10.0. The maximum absolute atomic E-state index is 4.50. The maximum atomic E-state index is 4.50. The fourth-order valence-corrected chi connectivity index (χ4v) is 0.321. The minimum Gasteiger partial charge on any atom is -0.333 e. The average molecular weight is 337 g/mol. The van der Waals surface area contributed by atoms with Crippen molar-refractivity contribution in [2.75, 3.05) is 21.1 Å². The Kier molecular flexibility index (Phi) is 81.5. The third-order valence-corrected chi connectivity index (χ3v) is 0.556. The Morgan fingerprint density at radius 2 is 0.833 bits per heavy atom. The molecule has 3 nitrogen and oxygen atoms in total. The third kappa shape index (κ3) is 31.9. The molecule has 0 aromatic rings. The van der Waals surface area contributed by atoms with E-state index in [-0.39, 0.29) is 25.8 Å². The van der Waals surface area contributed by atoms with E-state index in [9.17, 15) is 0 Å². The topological polar surface area (TPSA) is 78.1 Å². The molecule has 0 aromatic carbocycles. The van der Waals surface area contributed by atoms with Crippen molar-refractivity contribution < 1.29 is 25.8 Å². The fourth-order valence-electron chi connectivity index (χ4n) is 0.321. The Morgan fingerprint density at radius 3 is 0.917 bits per heavy atom. The van der Waals surface area contributed by atoms with Gasteiger partial charge in [-0.15, -0.1) is 0 Å². The number of hydrogen-bond donors (Lipinski definition) is 3. The Balaban J connectivity index is -0.0000000406. The molecule has 1 aliphatic rings. The molecular weight excluding hydrogens is 317 g/mol. The summed E-state index contributed by atoms with van der Waals surface area (Å²) in [7, 11) is 4.50. The zero-order valence-electron chi connectivity index (χ0n) is 8.12. The monoisotopic (exact) mass is 338 g/mol. The molecule has 1 aliphatic carbocycles. The molecule has 0 saturated heterocycles. The Hall–Kier alpha value is 0.230. The van der Waals surface area contributed by atoms with Gasteiger partial charge in [0, 0.05) is 32.3 Å². The van der Waals surface area contributed by atoms with Gasteiger partial charge in [-0.25, -0.2) is 0 Å². The van der Waals surface area contributed by atoms with E-state index >= 15 is 0 Å². The van der Waals surface area contributed by atoms with Gasteiger partial charge < -0.3 is 17.2 Å². The Morgan fingerprint density at radius 1 is 0.583 bits per heavy atom. The number of allylic oxidation sites excluding steroid dienone is 4. The summed E-state index contributed by atoms with van der Waals surface area (Å²) < 4.78 is 0. The van der Waals surface area contributed by atoms with E-state index in [4.69, 9.17) is 0 Å². The van der Waals surface area contributed by atoms with Crippen LogP contribution in [0.4, 0.5) is 0 Å². The summed E-state index contributed by atoms with van der Waals surface area (Å²) in [5, 5.41) is 0. The maximum Gasteiger partial charge on any atom is 0.00506 e. The largest absolute Gasteiger partial charge is 0.333 e. The minimum absolute atomic E-state index is 0. The van der Waals surface area contributed by atoms with Crippen molar-refractivity contribution in [1.82, 2.24) is 0 Å². The van der Waals surface area contributed by atoms with Gasteiger partial charge in [-0.05, 0) is 21.1 Å². The van der Waals surface area contributed by atoms with Crippen LogP contribution in [0.5, 0.6) is 0 Å². The van der Waals surface area contributed by atoms with Crippen molar-refractivity contribution in [2.45, 2.75) is 0 Å². The predicted octanol–water partition coefficient (Wildman–Crippen LogP) is 0.0389. The van der Waals surface area contributed by atoms with Crippen molar-refractivity contribution >= 4 is 0 Å². The molecule has 1 radical (unpaired) electrons. The first-order valence-corrected chi connectivity index (χ1v) is 3.40. The number of nitrogens with two attached hydrogens (primary N) is 3. The van der Waals surface area contributed by atoms with Crippen LogP contribution < -0.4 is 17.2 Å². The number of hydrogen-bond acceptors (Lipinski definition) is 3. The van der Waals surface area contributed by atoms with Crippen molar-refractivity contribution in [3.63, 3.8) is 0 Å². The second-order valence-electron chi connectivity index (χ2n) is 0.962. The van der Waals surface area contributed by atoms with Crippen molar-refractivity contribution in [2.24, 2.45) is 17.2 Å². The molecule has 0 aliphatic heterocycles. The molecule has 0 amide bonds. The summed E-state index contributed by atoms with van der Waals surface area (Å²) >= 11 is 0. The van der Waals surface area contributed by atoms with Crippen molar-refractivity contribution in [1.29, 1.82) is 0 Å². The van der Waals surface area contributed by atoms with Gasteiger partial charge in [0.1, 0.15) is 0 Å². The first kappa shape index (κ1) is 22.8. The average Bonchev–Trinajstić information content (AvgIpc) is 2.71. The van der Waals surface area contributed by atoms with Crippen molar-refractivity contribution in [3.8, 4) is 0 Å². The van der Waals surface area contributed by atoms with Crippen LogP contribution in [0, 0.1) is 6.42 Å². The molecule has 71 valence electrons. The Bertz CT molecular complexity index is 72.4. The van der Waals surface area contributed by atoms with Gasteiger partial charge in [0.25, 0.3) is 0 Å². The second kappa shape index (κ2) is 43.0. The van der Waals surface area contributed by atoms with Gasteiger partial charge in [-0.1, -0.05) is 24.3 Å². The van der Waals surface area contributed by atoms with E-state index in [0.29, 0.717) is 0 Å². The molecule has 1 rings (SSSR count). The molecule has 0 bridgehead atoms. The van der Waals surface area contributed by atoms with Crippen LogP contribution >= 0.6 is 0 Å². The van der Waals surface area contributed by atoms with E-state index in [0.717, 1.165) is 0 Å². The summed E-state index contributed by atoms with van der Waals surface area (Å²) in [6, 6.07) is 0. The van der Waals surface area contributed by atoms with E-state index in [1.807, 2.05) is 30.7 Å². The standard InChI is InChI=1S/C5H5.3CH5N.Hf/c1-2-4-5-3-1;3*1-2;/h1-5H;3*2H2,1H3;. The van der Waals surface area contributed by atoms with Crippen molar-refractivity contribution in [3.05, 3.63) is 30.7 Å². The molecule has 0 heterocycles. The molecule has 0 unspecified atom stereocenters. The van der Waals surface area contributed by atoms with Crippen LogP contribution in [0.15, 0.2) is 24.3 Å². The molecule has 0 fully saturated rings. The molecule has 0 spiro atoms. The van der Waals surface area contributed by atoms with Crippen LogP contribution in [0.1, 0.15) is 0 Å². The van der Waals surface area contributed by atoms with E-state index < -0.39 is 0 Å². The first-order valence-electron chi connectivity index (χ1n) is 3.40. The van der Waals surface area contributed by atoms with Gasteiger partial charge in [0.2, 0.25) is 0 Å². The molecule has 0 atom stereocenters. The molecule has 12 heavy (non-hydrogen) atoms. The predicted molar refractivity (Wildman–Crippen MR) is 52.9 cm³/mol.